The maximum atomic E-state index is 13.2. The number of fused-ring (bicyclic) bond motifs is 2. The first-order valence-electron chi connectivity index (χ1n) is 10.5. The number of aromatic amines is 1. The lowest BCUT2D eigenvalue weighted by atomic mass is 10.1. The molecular weight excluding hydrogens is 382 g/mol. The molecule has 1 saturated heterocycles. The predicted molar refractivity (Wildman–Crippen MR) is 117 cm³/mol. The van der Waals surface area contributed by atoms with Gasteiger partial charge in [-0.2, -0.15) is 0 Å². The minimum Gasteiger partial charge on any atom is -0.341 e. The molecule has 1 fully saturated rings. The van der Waals surface area contributed by atoms with Gasteiger partial charge in [-0.1, -0.05) is 12.1 Å². The summed E-state index contributed by atoms with van der Waals surface area (Å²) in [4.78, 5) is 29.5. The second-order valence-electron chi connectivity index (χ2n) is 8.01. The highest BCUT2D eigenvalue weighted by molar-refractivity contribution is 7.10. The maximum absolute atomic E-state index is 13.2. The fourth-order valence-corrected chi connectivity index (χ4v) is 5.37. The summed E-state index contributed by atoms with van der Waals surface area (Å²) in [6, 6.07) is 10.2. The molecule has 1 atom stereocenters. The second kappa shape index (κ2) is 7.80. The Morgan fingerprint density at radius 1 is 1.14 bits per heavy atom. The number of aromatic nitrogens is 2. The number of rotatable bonds is 3. The molecule has 0 radical (unpaired) electrons. The van der Waals surface area contributed by atoms with Crippen LogP contribution >= 0.6 is 11.3 Å². The third-order valence-corrected chi connectivity index (χ3v) is 7.25. The summed E-state index contributed by atoms with van der Waals surface area (Å²) < 4.78 is 0. The van der Waals surface area contributed by atoms with Crippen molar-refractivity contribution in [3.8, 4) is 0 Å². The van der Waals surface area contributed by atoms with Crippen LogP contribution in [0.5, 0.6) is 0 Å². The SMILES string of the molecule is CC(C(=O)N1CCc2sccc2C1)N1CCCN(c2nc3ccccc3[nH]2)CC1. The molecular formula is C22H27N5OS. The number of nitrogens with one attached hydrogen (secondary N) is 1. The van der Waals surface area contributed by atoms with Crippen molar-refractivity contribution < 1.29 is 4.79 Å². The molecule has 0 spiro atoms. The largest absolute Gasteiger partial charge is 0.341 e. The Morgan fingerprint density at radius 2 is 2.03 bits per heavy atom. The smallest absolute Gasteiger partial charge is 0.239 e. The summed E-state index contributed by atoms with van der Waals surface area (Å²) in [5.74, 6) is 1.20. The Labute approximate surface area is 175 Å². The standard InChI is InChI=1S/C22H27N5OS/c1-16(21(28)27-11-7-20-17(15-27)8-14-29-20)25-9-4-10-26(13-12-25)22-23-18-5-2-3-6-19(18)24-22/h2-3,5-6,8,14,16H,4,7,9-13,15H2,1H3,(H,23,24). The van der Waals surface area contributed by atoms with Gasteiger partial charge in [-0.3, -0.25) is 9.69 Å². The van der Waals surface area contributed by atoms with Crippen molar-refractivity contribution in [3.63, 3.8) is 0 Å². The van der Waals surface area contributed by atoms with Gasteiger partial charge in [0.2, 0.25) is 11.9 Å². The van der Waals surface area contributed by atoms with Gasteiger partial charge in [0.15, 0.2) is 0 Å². The molecule has 0 aliphatic carbocycles. The summed E-state index contributed by atoms with van der Waals surface area (Å²) >= 11 is 1.82. The number of hydrogen-bond donors (Lipinski definition) is 1. The van der Waals surface area contributed by atoms with E-state index in [9.17, 15) is 4.79 Å². The highest BCUT2D eigenvalue weighted by Crippen LogP contribution is 2.25. The van der Waals surface area contributed by atoms with Gasteiger partial charge in [0, 0.05) is 44.1 Å². The van der Waals surface area contributed by atoms with Crippen LogP contribution in [0.3, 0.4) is 0 Å². The van der Waals surface area contributed by atoms with Crippen molar-refractivity contribution in [2.75, 3.05) is 37.6 Å². The first kappa shape index (κ1) is 18.6. The third-order valence-electron chi connectivity index (χ3n) is 6.23. The Kier molecular flexibility index (Phi) is 5.01. The van der Waals surface area contributed by atoms with Crippen LogP contribution in [-0.4, -0.2) is 64.4 Å². The lowest BCUT2D eigenvalue weighted by molar-refractivity contribution is -0.137. The highest BCUT2D eigenvalue weighted by atomic mass is 32.1. The topological polar surface area (TPSA) is 55.5 Å². The number of carbonyl (C=O) groups is 1. The maximum Gasteiger partial charge on any atom is 0.239 e. The van der Waals surface area contributed by atoms with Gasteiger partial charge < -0.3 is 14.8 Å². The molecule has 152 valence electrons. The molecule has 1 aromatic carbocycles. The van der Waals surface area contributed by atoms with Crippen molar-refractivity contribution in [3.05, 3.63) is 46.2 Å². The lowest BCUT2D eigenvalue weighted by Gasteiger charge is -2.34. The molecule has 2 aromatic heterocycles. The van der Waals surface area contributed by atoms with Gasteiger partial charge in [0.05, 0.1) is 17.1 Å². The first-order chi connectivity index (χ1) is 14.2. The zero-order chi connectivity index (χ0) is 19.8. The Bertz CT molecular complexity index is 978. The number of H-pyrrole nitrogens is 1. The average Bonchev–Trinajstić information content (AvgIpc) is 3.32. The van der Waals surface area contributed by atoms with E-state index in [1.165, 1.54) is 10.4 Å². The van der Waals surface area contributed by atoms with E-state index >= 15 is 0 Å². The minimum atomic E-state index is -0.0780. The molecule has 2 aliphatic rings. The fraction of sp³-hybridized carbons (Fsp3) is 0.455. The molecule has 0 saturated carbocycles. The fourth-order valence-electron chi connectivity index (χ4n) is 4.48. The van der Waals surface area contributed by atoms with Crippen molar-refractivity contribution in [2.45, 2.75) is 32.4 Å². The van der Waals surface area contributed by atoms with E-state index in [2.05, 4.69) is 39.2 Å². The summed E-state index contributed by atoms with van der Waals surface area (Å²) in [6.45, 7) is 7.34. The summed E-state index contributed by atoms with van der Waals surface area (Å²) in [6.07, 6.45) is 2.02. The molecule has 3 aromatic rings. The van der Waals surface area contributed by atoms with Gasteiger partial charge in [-0.05, 0) is 48.9 Å². The summed E-state index contributed by atoms with van der Waals surface area (Å²) in [7, 11) is 0. The number of thiophene rings is 1. The molecule has 6 nitrogen and oxygen atoms in total. The number of para-hydroxylation sites is 2. The van der Waals surface area contributed by atoms with Crippen molar-refractivity contribution >= 4 is 34.2 Å². The molecule has 1 amide bonds. The molecule has 29 heavy (non-hydrogen) atoms. The van der Waals surface area contributed by atoms with Crippen molar-refractivity contribution in [1.82, 2.24) is 19.8 Å². The number of benzene rings is 1. The van der Waals surface area contributed by atoms with E-state index in [4.69, 9.17) is 4.98 Å². The summed E-state index contributed by atoms with van der Waals surface area (Å²) in [5, 5.41) is 2.14. The summed E-state index contributed by atoms with van der Waals surface area (Å²) in [5.41, 5.74) is 3.41. The Hall–Kier alpha value is -2.38. The number of anilines is 1. The van der Waals surface area contributed by atoms with E-state index in [0.717, 1.165) is 69.1 Å². The van der Waals surface area contributed by atoms with Crippen LogP contribution in [0, 0.1) is 0 Å². The van der Waals surface area contributed by atoms with Crippen LogP contribution in [0.2, 0.25) is 0 Å². The van der Waals surface area contributed by atoms with Crippen molar-refractivity contribution in [1.29, 1.82) is 0 Å². The zero-order valence-corrected chi connectivity index (χ0v) is 17.6. The Morgan fingerprint density at radius 3 is 2.93 bits per heavy atom. The monoisotopic (exact) mass is 409 g/mol. The van der Waals surface area contributed by atoms with Gasteiger partial charge in [-0.15, -0.1) is 11.3 Å². The zero-order valence-electron chi connectivity index (χ0n) is 16.8. The normalized spacial score (nSPS) is 19.2. The first-order valence-corrected chi connectivity index (χ1v) is 11.3. The van der Waals surface area contributed by atoms with Crippen LogP contribution in [0.1, 0.15) is 23.8 Å². The molecule has 1 unspecified atom stereocenters. The van der Waals surface area contributed by atoms with E-state index in [1.807, 2.05) is 34.4 Å². The van der Waals surface area contributed by atoms with Gasteiger partial charge >= 0.3 is 0 Å². The van der Waals surface area contributed by atoms with E-state index in [-0.39, 0.29) is 11.9 Å². The molecule has 5 rings (SSSR count). The van der Waals surface area contributed by atoms with Crippen LogP contribution < -0.4 is 4.90 Å². The molecule has 0 bridgehead atoms. The van der Waals surface area contributed by atoms with Crippen LogP contribution in [0.15, 0.2) is 35.7 Å². The third kappa shape index (κ3) is 3.65. The second-order valence-corrected chi connectivity index (χ2v) is 9.01. The lowest BCUT2D eigenvalue weighted by Crippen LogP contribution is -2.49. The number of hydrogen-bond acceptors (Lipinski definition) is 5. The number of nitrogens with zero attached hydrogens (tertiary/aromatic N) is 4. The Balaban J connectivity index is 1.23. The van der Waals surface area contributed by atoms with Crippen LogP contribution in [0.25, 0.3) is 11.0 Å². The predicted octanol–water partition coefficient (Wildman–Crippen LogP) is 3.11. The molecule has 4 heterocycles. The van der Waals surface area contributed by atoms with Crippen molar-refractivity contribution in [2.24, 2.45) is 0 Å². The quantitative estimate of drug-likeness (QED) is 0.722. The number of imidazole rings is 1. The molecule has 1 N–H and O–H groups in total. The van der Waals surface area contributed by atoms with Gasteiger partial charge in [-0.25, -0.2) is 4.98 Å². The van der Waals surface area contributed by atoms with Crippen LogP contribution in [-0.2, 0) is 17.8 Å². The van der Waals surface area contributed by atoms with Gasteiger partial charge in [0.25, 0.3) is 0 Å². The molecule has 7 heteroatoms. The number of amides is 1. The molecule has 2 aliphatic heterocycles. The van der Waals surface area contributed by atoms with E-state index in [0.29, 0.717) is 0 Å². The van der Waals surface area contributed by atoms with E-state index < -0.39 is 0 Å². The van der Waals surface area contributed by atoms with E-state index in [1.54, 1.807) is 0 Å². The number of carbonyl (C=O) groups excluding carboxylic acids is 1. The van der Waals surface area contributed by atoms with Crippen LogP contribution in [0.4, 0.5) is 5.95 Å². The average molecular weight is 410 g/mol. The highest BCUT2D eigenvalue weighted by Gasteiger charge is 2.30. The minimum absolute atomic E-state index is 0.0780. The van der Waals surface area contributed by atoms with Gasteiger partial charge in [0.1, 0.15) is 0 Å².